The van der Waals surface area contributed by atoms with E-state index < -0.39 is 0 Å². The lowest BCUT2D eigenvalue weighted by molar-refractivity contribution is 0.627. The summed E-state index contributed by atoms with van der Waals surface area (Å²) in [6.45, 7) is 0. The third kappa shape index (κ3) is 3.01. The number of allylic oxidation sites excluding steroid dienone is 1. The van der Waals surface area contributed by atoms with Gasteiger partial charge >= 0.3 is 0 Å². The third-order valence-corrected chi connectivity index (χ3v) is 3.43. The molecule has 4 nitrogen and oxygen atoms in total. The summed E-state index contributed by atoms with van der Waals surface area (Å²) in [5.41, 5.74) is 1.84. The molecule has 112 valence electrons. The van der Waals surface area contributed by atoms with Crippen molar-refractivity contribution >= 4 is 11.6 Å². The van der Waals surface area contributed by atoms with Gasteiger partial charge in [0.05, 0.1) is 5.57 Å². The molecule has 23 heavy (non-hydrogen) atoms. The highest BCUT2D eigenvalue weighted by Gasteiger charge is 2.14. The first-order valence-corrected chi connectivity index (χ1v) is 7.01. The maximum absolute atomic E-state index is 13.3. The largest absolute Gasteiger partial charge is 0.310 e. The average Bonchev–Trinajstić information content (AvgIpc) is 2.95. The van der Waals surface area contributed by atoms with Crippen molar-refractivity contribution in [2.24, 2.45) is 7.05 Å². The quantitative estimate of drug-likeness (QED) is 0.693. The highest BCUT2D eigenvalue weighted by molar-refractivity contribution is 5.87. The van der Waals surface area contributed by atoms with Gasteiger partial charge < -0.3 is 4.57 Å². The van der Waals surface area contributed by atoms with E-state index in [-0.39, 0.29) is 5.82 Å². The molecule has 0 unspecified atom stereocenters. The molecule has 0 bridgehead atoms. The number of hydrogen-bond donors (Lipinski definition) is 0. The van der Waals surface area contributed by atoms with Crippen molar-refractivity contribution in [3.05, 3.63) is 71.8 Å². The molecule has 0 N–H and O–H groups in total. The summed E-state index contributed by atoms with van der Waals surface area (Å²) in [7, 11) is 1.80. The van der Waals surface area contributed by atoms with Crippen LogP contribution in [-0.2, 0) is 7.05 Å². The Kier molecular flexibility index (Phi) is 3.98. The molecule has 0 radical (unpaired) electrons. The molecule has 2 aromatic carbocycles. The van der Waals surface area contributed by atoms with E-state index in [9.17, 15) is 9.65 Å². The van der Waals surface area contributed by atoms with Gasteiger partial charge in [-0.25, -0.2) is 4.39 Å². The van der Waals surface area contributed by atoms with Gasteiger partial charge in [-0.2, -0.15) is 5.26 Å². The number of nitrogens with zero attached hydrogens (tertiary/aromatic N) is 4. The van der Waals surface area contributed by atoms with Gasteiger partial charge in [-0.1, -0.05) is 42.5 Å². The Balaban J connectivity index is 2.04. The van der Waals surface area contributed by atoms with Crippen LogP contribution in [0.15, 0.2) is 54.6 Å². The van der Waals surface area contributed by atoms with Crippen molar-refractivity contribution in [1.82, 2.24) is 14.8 Å². The van der Waals surface area contributed by atoms with Crippen LogP contribution in [0.3, 0.4) is 0 Å². The van der Waals surface area contributed by atoms with Crippen LogP contribution < -0.4 is 0 Å². The predicted molar refractivity (Wildman–Crippen MR) is 86.3 cm³/mol. The van der Waals surface area contributed by atoms with Gasteiger partial charge in [0.1, 0.15) is 11.9 Å². The first-order valence-electron chi connectivity index (χ1n) is 7.01. The minimum absolute atomic E-state index is 0.327. The number of nitriles is 1. The van der Waals surface area contributed by atoms with Crippen molar-refractivity contribution in [2.45, 2.75) is 0 Å². The van der Waals surface area contributed by atoms with E-state index in [0.29, 0.717) is 22.8 Å². The van der Waals surface area contributed by atoms with Gasteiger partial charge in [-0.15, -0.1) is 10.2 Å². The van der Waals surface area contributed by atoms with Crippen molar-refractivity contribution in [3.63, 3.8) is 0 Å². The van der Waals surface area contributed by atoms with E-state index in [1.807, 2.05) is 30.3 Å². The van der Waals surface area contributed by atoms with Crippen molar-refractivity contribution in [2.75, 3.05) is 0 Å². The monoisotopic (exact) mass is 304 g/mol. The average molecular weight is 304 g/mol. The number of hydrogen-bond acceptors (Lipinski definition) is 3. The Morgan fingerprint density at radius 1 is 1.13 bits per heavy atom. The Bertz CT molecular complexity index is 904. The summed E-state index contributed by atoms with van der Waals surface area (Å²) in [6, 6.07) is 17.8. The zero-order valence-corrected chi connectivity index (χ0v) is 12.4. The highest BCUT2D eigenvalue weighted by atomic mass is 19.1. The van der Waals surface area contributed by atoms with E-state index in [2.05, 4.69) is 16.3 Å². The van der Waals surface area contributed by atoms with E-state index in [1.165, 1.54) is 12.1 Å². The Hall–Kier alpha value is -3.26. The maximum Gasteiger partial charge on any atom is 0.174 e. The summed E-state index contributed by atoms with van der Waals surface area (Å²) in [4.78, 5) is 0. The molecule has 0 fully saturated rings. The van der Waals surface area contributed by atoms with Crippen molar-refractivity contribution in [3.8, 4) is 17.5 Å². The summed E-state index contributed by atoms with van der Waals surface area (Å²) in [5, 5.41) is 17.7. The summed E-state index contributed by atoms with van der Waals surface area (Å²) >= 11 is 0. The standard InChI is InChI=1S/C18H13FN4/c1-23-17(14-7-3-2-4-8-14)21-22-18(23)15(12-20)10-13-6-5-9-16(19)11-13/h2-11H,1H3/b15-10+. The maximum atomic E-state index is 13.3. The fourth-order valence-electron chi connectivity index (χ4n) is 2.31. The lowest BCUT2D eigenvalue weighted by Crippen LogP contribution is -1.98. The minimum atomic E-state index is -0.348. The number of rotatable bonds is 3. The zero-order chi connectivity index (χ0) is 16.2. The van der Waals surface area contributed by atoms with Crippen molar-refractivity contribution < 1.29 is 4.39 Å². The van der Waals surface area contributed by atoms with E-state index in [1.54, 1.807) is 29.8 Å². The van der Waals surface area contributed by atoms with Gasteiger partial charge in [-0.05, 0) is 23.8 Å². The van der Waals surface area contributed by atoms with Gasteiger partial charge in [0.15, 0.2) is 11.6 Å². The lowest BCUT2D eigenvalue weighted by atomic mass is 10.1. The molecule has 0 aliphatic heterocycles. The number of aromatic nitrogens is 3. The molecule has 1 aromatic heterocycles. The second-order valence-corrected chi connectivity index (χ2v) is 5.00. The van der Waals surface area contributed by atoms with E-state index in [0.717, 1.165) is 5.56 Å². The van der Waals surface area contributed by atoms with E-state index >= 15 is 0 Å². The van der Waals surface area contributed by atoms with Crippen LogP contribution in [0.2, 0.25) is 0 Å². The molecule has 0 aliphatic carbocycles. The Morgan fingerprint density at radius 2 is 1.91 bits per heavy atom. The van der Waals surface area contributed by atoms with Crippen LogP contribution in [0.5, 0.6) is 0 Å². The molecule has 0 saturated heterocycles. The molecular formula is C18H13FN4. The summed E-state index contributed by atoms with van der Waals surface area (Å²) in [5.74, 6) is 0.760. The summed E-state index contributed by atoms with van der Waals surface area (Å²) < 4.78 is 15.0. The van der Waals surface area contributed by atoms with Gasteiger partial charge in [-0.3, -0.25) is 0 Å². The molecule has 0 saturated carbocycles. The highest BCUT2D eigenvalue weighted by Crippen LogP contribution is 2.22. The Morgan fingerprint density at radius 3 is 2.61 bits per heavy atom. The zero-order valence-electron chi connectivity index (χ0n) is 12.4. The first kappa shape index (κ1) is 14.7. The molecule has 3 rings (SSSR count). The van der Waals surface area contributed by atoms with Crippen molar-refractivity contribution in [1.29, 1.82) is 5.26 Å². The molecule has 3 aromatic rings. The van der Waals surface area contributed by atoms with Gasteiger partial charge in [0.2, 0.25) is 0 Å². The molecule has 0 amide bonds. The summed E-state index contributed by atoms with van der Waals surface area (Å²) in [6.07, 6.45) is 1.60. The van der Waals surface area contributed by atoms with Crippen LogP contribution >= 0.6 is 0 Å². The van der Waals surface area contributed by atoms with Crippen LogP contribution in [0.4, 0.5) is 4.39 Å². The normalized spacial score (nSPS) is 11.3. The second-order valence-electron chi connectivity index (χ2n) is 5.00. The molecule has 5 heteroatoms. The fourth-order valence-corrected chi connectivity index (χ4v) is 2.31. The molecule has 0 aliphatic rings. The second kappa shape index (κ2) is 6.24. The van der Waals surface area contributed by atoms with Crippen LogP contribution in [-0.4, -0.2) is 14.8 Å². The number of benzene rings is 2. The number of halogens is 1. The third-order valence-electron chi connectivity index (χ3n) is 3.43. The van der Waals surface area contributed by atoms with Crippen LogP contribution in [0.1, 0.15) is 11.4 Å². The smallest absolute Gasteiger partial charge is 0.174 e. The lowest BCUT2D eigenvalue weighted by Gasteiger charge is -2.03. The van der Waals surface area contributed by atoms with E-state index in [4.69, 9.17) is 0 Å². The SMILES string of the molecule is Cn1c(/C(C#N)=C/c2cccc(F)c2)nnc1-c1ccccc1. The molecule has 1 heterocycles. The molecular weight excluding hydrogens is 291 g/mol. The van der Waals surface area contributed by atoms with Gasteiger partial charge in [0, 0.05) is 12.6 Å². The first-order chi connectivity index (χ1) is 11.2. The topological polar surface area (TPSA) is 54.5 Å². The molecule has 0 spiro atoms. The van der Waals surface area contributed by atoms with Crippen LogP contribution in [0.25, 0.3) is 23.0 Å². The fraction of sp³-hybridized carbons (Fsp3) is 0.0556. The molecule has 0 atom stereocenters. The van der Waals surface area contributed by atoms with Gasteiger partial charge in [0.25, 0.3) is 0 Å². The minimum Gasteiger partial charge on any atom is -0.310 e. The predicted octanol–water partition coefficient (Wildman–Crippen LogP) is 3.69. The Labute approximate surface area is 133 Å². The van der Waals surface area contributed by atoms with Crippen LogP contribution in [0, 0.1) is 17.1 Å².